The first-order valence-electron chi connectivity index (χ1n) is 8.79. The SMILES string of the molecule is O=C(c1cc2sccc2[nH]1)N1CCCn2nc([C@H](O)C3CC3)cc2C1. The van der Waals surface area contributed by atoms with Crippen LogP contribution in [0.3, 0.4) is 0 Å². The van der Waals surface area contributed by atoms with Gasteiger partial charge >= 0.3 is 0 Å². The number of thiophene rings is 1. The van der Waals surface area contributed by atoms with Gasteiger partial charge in [-0.05, 0) is 48.8 Å². The standard InChI is InChI=1S/C18H20N4O2S/c23-17(11-2-3-11)14-8-12-10-21(5-1-6-22(12)20-14)18(24)15-9-16-13(19-15)4-7-25-16/h4,7-9,11,17,19,23H,1-3,5-6,10H2/t17-/m1/s1. The van der Waals surface area contributed by atoms with Crippen molar-refractivity contribution >= 4 is 27.5 Å². The van der Waals surface area contributed by atoms with E-state index in [1.807, 2.05) is 33.2 Å². The van der Waals surface area contributed by atoms with E-state index >= 15 is 0 Å². The van der Waals surface area contributed by atoms with Crippen LogP contribution >= 0.6 is 11.3 Å². The Balaban J connectivity index is 1.39. The van der Waals surface area contributed by atoms with Gasteiger partial charge in [-0.15, -0.1) is 11.3 Å². The number of nitrogens with one attached hydrogen (secondary N) is 1. The Morgan fingerprint density at radius 2 is 2.24 bits per heavy atom. The first-order chi connectivity index (χ1) is 12.2. The molecule has 0 spiro atoms. The molecule has 1 atom stereocenters. The van der Waals surface area contributed by atoms with Gasteiger partial charge in [-0.3, -0.25) is 9.48 Å². The lowest BCUT2D eigenvalue weighted by Gasteiger charge is -2.19. The molecule has 7 heteroatoms. The van der Waals surface area contributed by atoms with E-state index in [2.05, 4.69) is 10.1 Å². The summed E-state index contributed by atoms with van der Waals surface area (Å²) in [6.45, 7) is 2.04. The lowest BCUT2D eigenvalue weighted by molar-refractivity contribution is 0.0741. The van der Waals surface area contributed by atoms with Crippen molar-refractivity contribution in [3.63, 3.8) is 0 Å². The number of H-pyrrole nitrogens is 1. The average molecular weight is 356 g/mol. The van der Waals surface area contributed by atoms with Crippen LogP contribution in [0, 0.1) is 5.92 Å². The summed E-state index contributed by atoms with van der Waals surface area (Å²) in [5, 5.41) is 16.9. The molecule has 1 saturated carbocycles. The second-order valence-electron chi connectivity index (χ2n) is 7.03. The number of aryl methyl sites for hydroxylation is 1. The zero-order valence-corrected chi connectivity index (χ0v) is 14.6. The van der Waals surface area contributed by atoms with E-state index in [1.54, 1.807) is 11.3 Å². The minimum Gasteiger partial charge on any atom is -0.386 e. The van der Waals surface area contributed by atoms with Crippen LogP contribution in [0.25, 0.3) is 10.2 Å². The molecule has 2 aliphatic rings. The Hall–Kier alpha value is -2.12. The Morgan fingerprint density at radius 3 is 3.04 bits per heavy atom. The Labute approximate surface area is 149 Å². The lowest BCUT2D eigenvalue weighted by atomic mass is 10.1. The molecule has 0 aromatic carbocycles. The normalized spacial score (nSPS) is 19.0. The number of aliphatic hydroxyl groups is 1. The number of amides is 1. The summed E-state index contributed by atoms with van der Waals surface area (Å²) in [7, 11) is 0. The molecule has 0 bridgehead atoms. The number of hydrogen-bond donors (Lipinski definition) is 2. The summed E-state index contributed by atoms with van der Waals surface area (Å²) < 4.78 is 3.07. The van der Waals surface area contributed by atoms with Crippen LogP contribution in [0.2, 0.25) is 0 Å². The highest BCUT2D eigenvalue weighted by Crippen LogP contribution is 2.40. The molecule has 0 unspecified atom stereocenters. The van der Waals surface area contributed by atoms with Crippen molar-refractivity contribution in [2.45, 2.75) is 38.5 Å². The predicted octanol–water partition coefficient (Wildman–Crippen LogP) is 2.92. The third-order valence-electron chi connectivity index (χ3n) is 5.16. The van der Waals surface area contributed by atoms with Crippen molar-refractivity contribution in [1.82, 2.24) is 19.7 Å². The van der Waals surface area contributed by atoms with Crippen LogP contribution in [0.5, 0.6) is 0 Å². The molecular formula is C18H20N4O2S. The molecule has 3 aromatic rings. The first-order valence-corrected chi connectivity index (χ1v) is 9.67. The Bertz CT molecular complexity index is 908. The molecule has 1 aliphatic carbocycles. The summed E-state index contributed by atoms with van der Waals surface area (Å²) >= 11 is 1.64. The van der Waals surface area contributed by atoms with Crippen LogP contribution in [0.4, 0.5) is 0 Å². The predicted molar refractivity (Wildman–Crippen MR) is 95.4 cm³/mol. The maximum Gasteiger partial charge on any atom is 0.270 e. The molecule has 2 N–H and O–H groups in total. The number of aromatic nitrogens is 3. The summed E-state index contributed by atoms with van der Waals surface area (Å²) in [5.41, 5.74) is 3.43. The van der Waals surface area contributed by atoms with Gasteiger partial charge in [-0.25, -0.2) is 0 Å². The van der Waals surface area contributed by atoms with Crippen molar-refractivity contribution in [3.8, 4) is 0 Å². The third kappa shape index (κ3) is 2.67. The topological polar surface area (TPSA) is 74.2 Å². The van der Waals surface area contributed by atoms with Gasteiger partial charge in [0, 0.05) is 13.1 Å². The minimum absolute atomic E-state index is 0.0299. The van der Waals surface area contributed by atoms with Crippen LogP contribution in [0.15, 0.2) is 23.6 Å². The quantitative estimate of drug-likeness (QED) is 0.758. The molecule has 6 nitrogen and oxygen atoms in total. The van der Waals surface area contributed by atoms with Gasteiger partial charge in [0.1, 0.15) is 11.8 Å². The van der Waals surface area contributed by atoms with Gasteiger partial charge in [0.25, 0.3) is 5.91 Å². The molecule has 1 amide bonds. The van der Waals surface area contributed by atoms with Crippen LogP contribution < -0.4 is 0 Å². The van der Waals surface area contributed by atoms with Crippen molar-refractivity contribution in [2.75, 3.05) is 6.54 Å². The zero-order valence-electron chi connectivity index (χ0n) is 13.8. The van der Waals surface area contributed by atoms with Crippen LogP contribution in [-0.4, -0.2) is 37.2 Å². The number of carbonyl (C=O) groups excluding carboxylic acids is 1. The number of carbonyl (C=O) groups is 1. The van der Waals surface area contributed by atoms with Gasteiger partial charge in [0.15, 0.2) is 0 Å². The largest absolute Gasteiger partial charge is 0.386 e. The van der Waals surface area contributed by atoms with E-state index in [1.165, 1.54) is 0 Å². The highest BCUT2D eigenvalue weighted by Gasteiger charge is 2.33. The lowest BCUT2D eigenvalue weighted by Crippen LogP contribution is -2.30. The van der Waals surface area contributed by atoms with Crippen molar-refractivity contribution in [1.29, 1.82) is 0 Å². The van der Waals surface area contributed by atoms with Crippen molar-refractivity contribution in [3.05, 3.63) is 40.7 Å². The molecule has 25 heavy (non-hydrogen) atoms. The van der Waals surface area contributed by atoms with E-state index in [0.29, 0.717) is 18.2 Å². The second kappa shape index (κ2) is 5.71. The van der Waals surface area contributed by atoms with Crippen LogP contribution in [-0.2, 0) is 13.1 Å². The smallest absolute Gasteiger partial charge is 0.270 e. The number of rotatable bonds is 3. The van der Waals surface area contributed by atoms with Gasteiger partial charge in [-0.1, -0.05) is 0 Å². The summed E-state index contributed by atoms with van der Waals surface area (Å²) in [5.74, 6) is 0.395. The fourth-order valence-corrected chi connectivity index (χ4v) is 4.37. The maximum absolute atomic E-state index is 12.9. The van der Waals surface area contributed by atoms with E-state index in [0.717, 1.165) is 54.0 Å². The Kier molecular flexibility index (Phi) is 3.46. The Morgan fingerprint density at radius 1 is 1.36 bits per heavy atom. The van der Waals surface area contributed by atoms with Crippen LogP contribution in [0.1, 0.15) is 47.2 Å². The van der Waals surface area contributed by atoms with Gasteiger partial charge in [-0.2, -0.15) is 5.10 Å². The molecule has 0 radical (unpaired) electrons. The molecule has 4 heterocycles. The van der Waals surface area contributed by atoms with Gasteiger partial charge in [0.2, 0.25) is 0 Å². The highest BCUT2D eigenvalue weighted by atomic mass is 32.1. The fraction of sp³-hybridized carbons (Fsp3) is 0.444. The number of nitrogens with zero attached hydrogens (tertiary/aromatic N) is 3. The van der Waals surface area contributed by atoms with E-state index in [4.69, 9.17) is 0 Å². The maximum atomic E-state index is 12.9. The first kappa shape index (κ1) is 15.2. The second-order valence-corrected chi connectivity index (χ2v) is 7.98. The van der Waals surface area contributed by atoms with E-state index < -0.39 is 6.10 Å². The number of fused-ring (bicyclic) bond motifs is 2. The molecule has 0 saturated heterocycles. The number of hydrogen-bond acceptors (Lipinski definition) is 4. The zero-order chi connectivity index (χ0) is 17.0. The highest BCUT2D eigenvalue weighted by molar-refractivity contribution is 7.17. The molecular weight excluding hydrogens is 336 g/mol. The summed E-state index contributed by atoms with van der Waals surface area (Å²) in [6, 6.07) is 5.91. The van der Waals surface area contributed by atoms with Crippen molar-refractivity contribution in [2.24, 2.45) is 5.92 Å². The summed E-state index contributed by atoms with van der Waals surface area (Å²) in [6.07, 6.45) is 2.57. The molecule has 130 valence electrons. The van der Waals surface area contributed by atoms with Gasteiger partial charge in [0.05, 0.1) is 28.1 Å². The van der Waals surface area contributed by atoms with Crippen molar-refractivity contribution < 1.29 is 9.90 Å². The minimum atomic E-state index is -0.459. The molecule has 1 fully saturated rings. The number of aromatic amines is 1. The summed E-state index contributed by atoms with van der Waals surface area (Å²) in [4.78, 5) is 18.0. The van der Waals surface area contributed by atoms with E-state index in [-0.39, 0.29) is 5.91 Å². The number of aliphatic hydroxyl groups excluding tert-OH is 1. The van der Waals surface area contributed by atoms with E-state index in [9.17, 15) is 9.90 Å². The fourth-order valence-electron chi connectivity index (χ4n) is 3.59. The molecule has 1 aliphatic heterocycles. The van der Waals surface area contributed by atoms with Gasteiger partial charge < -0.3 is 15.0 Å². The molecule has 3 aromatic heterocycles. The molecule has 5 rings (SSSR count). The third-order valence-corrected chi connectivity index (χ3v) is 6.03. The average Bonchev–Trinajstić information content (AvgIpc) is 3.13. The monoisotopic (exact) mass is 356 g/mol.